The van der Waals surface area contributed by atoms with Gasteiger partial charge < -0.3 is 14.2 Å². The van der Waals surface area contributed by atoms with Crippen molar-refractivity contribution >= 4 is 17.9 Å². The molecule has 0 N–H and O–H groups in total. The fourth-order valence-electron chi connectivity index (χ4n) is 9.30. The lowest BCUT2D eigenvalue weighted by atomic mass is 10.0. The fraction of sp³-hybridized carbons (Fsp3) is 0.712. The van der Waals surface area contributed by atoms with Crippen molar-refractivity contribution in [1.29, 1.82) is 0 Å². The maximum Gasteiger partial charge on any atom is 0.306 e. The number of carbonyl (C=O) groups is 3. The number of hydrogen-bond donors (Lipinski definition) is 0. The van der Waals surface area contributed by atoms with Gasteiger partial charge in [0.05, 0.1) is 0 Å². The molecular formula is C73H124O6. The maximum atomic E-state index is 12.9. The number of allylic oxidation sites excluding steroid dienone is 18. The van der Waals surface area contributed by atoms with Gasteiger partial charge in [0.1, 0.15) is 13.2 Å². The van der Waals surface area contributed by atoms with E-state index in [1.165, 1.54) is 148 Å². The molecule has 0 spiro atoms. The number of ether oxygens (including phenoxy) is 3. The van der Waals surface area contributed by atoms with Gasteiger partial charge in [-0.25, -0.2) is 0 Å². The van der Waals surface area contributed by atoms with Gasteiger partial charge in [0.15, 0.2) is 6.10 Å². The van der Waals surface area contributed by atoms with Crippen LogP contribution < -0.4 is 0 Å². The third kappa shape index (κ3) is 64.8. The van der Waals surface area contributed by atoms with E-state index in [4.69, 9.17) is 14.2 Å². The number of hydrogen-bond acceptors (Lipinski definition) is 6. The van der Waals surface area contributed by atoms with Gasteiger partial charge in [-0.3, -0.25) is 14.4 Å². The predicted molar refractivity (Wildman–Crippen MR) is 343 cm³/mol. The van der Waals surface area contributed by atoms with Crippen LogP contribution in [0.4, 0.5) is 0 Å². The molecule has 79 heavy (non-hydrogen) atoms. The van der Waals surface area contributed by atoms with Crippen LogP contribution in [-0.4, -0.2) is 37.2 Å². The van der Waals surface area contributed by atoms with Crippen molar-refractivity contribution in [1.82, 2.24) is 0 Å². The summed E-state index contributed by atoms with van der Waals surface area (Å²) in [6, 6.07) is 0. The topological polar surface area (TPSA) is 78.9 Å². The SMILES string of the molecule is CC/C=C\C/C=C\C/C=C\C/C=C\CCCCCCCCC(=O)OC(COC(=O)CCCCCCCCC/C=C\C/C=C\C/C=C\CC)COC(=O)CCCCCCCCCCCCCCC/C=C\C/C=C\CCCCCCC. The van der Waals surface area contributed by atoms with Crippen molar-refractivity contribution in [3.05, 3.63) is 109 Å². The van der Waals surface area contributed by atoms with E-state index in [9.17, 15) is 14.4 Å². The molecule has 0 aromatic carbocycles. The van der Waals surface area contributed by atoms with Crippen LogP contribution in [0.2, 0.25) is 0 Å². The van der Waals surface area contributed by atoms with E-state index in [0.717, 1.165) is 128 Å². The Morgan fingerprint density at radius 1 is 0.266 bits per heavy atom. The van der Waals surface area contributed by atoms with Crippen molar-refractivity contribution in [2.24, 2.45) is 0 Å². The van der Waals surface area contributed by atoms with E-state index >= 15 is 0 Å². The summed E-state index contributed by atoms with van der Waals surface area (Å²) < 4.78 is 17.0. The standard InChI is InChI=1S/C73H124O6/c1-4-7-10-13-16-19-22-25-28-31-33-34-35-36-37-38-40-42-45-48-51-54-57-60-63-66-72(75)78-69-70(68-77-71(74)65-62-59-56-53-50-47-44-41-30-27-24-21-18-15-12-9-6-3)79-73(76)67-64-61-58-55-52-49-46-43-39-32-29-26-23-20-17-14-11-8-5-2/h8-9,11-12,17-18,20-22,25-27,29-31,33,39,43,70H,4-7,10,13-16,19,23-24,28,32,34-38,40-42,44-69H2,1-3H3/b11-8-,12-9-,20-17-,21-18-,25-22-,29-26-,30-27-,33-31-,43-39-. The number of esters is 3. The largest absolute Gasteiger partial charge is 0.462 e. The summed E-state index contributed by atoms with van der Waals surface area (Å²) in [5.74, 6) is -0.903. The van der Waals surface area contributed by atoms with Crippen molar-refractivity contribution in [3.63, 3.8) is 0 Å². The van der Waals surface area contributed by atoms with Crippen LogP contribution in [0.1, 0.15) is 316 Å². The second-order valence-electron chi connectivity index (χ2n) is 22.0. The molecule has 0 aromatic rings. The molecule has 0 rings (SSSR count). The van der Waals surface area contributed by atoms with Gasteiger partial charge in [0, 0.05) is 19.3 Å². The molecule has 0 amide bonds. The van der Waals surface area contributed by atoms with E-state index in [2.05, 4.69) is 130 Å². The summed E-state index contributed by atoms with van der Waals surface area (Å²) >= 11 is 0. The normalized spacial score (nSPS) is 12.8. The zero-order chi connectivity index (χ0) is 57.1. The van der Waals surface area contributed by atoms with Crippen LogP contribution in [0.15, 0.2) is 109 Å². The van der Waals surface area contributed by atoms with Crippen LogP contribution in [0.5, 0.6) is 0 Å². The smallest absolute Gasteiger partial charge is 0.306 e. The summed E-state index contributed by atoms with van der Waals surface area (Å²) in [6.07, 6.45) is 91.0. The number of carbonyl (C=O) groups excluding carboxylic acids is 3. The summed E-state index contributed by atoms with van der Waals surface area (Å²) in [4.78, 5) is 38.4. The van der Waals surface area contributed by atoms with Crippen LogP contribution in [-0.2, 0) is 28.6 Å². The second kappa shape index (κ2) is 66.6. The first-order chi connectivity index (χ1) is 39.0. The zero-order valence-electron chi connectivity index (χ0n) is 51.9. The third-order valence-corrected chi connectivity index (χ3v) is 14.2. The molecule has 0 heterocycles. The molecule has 0 aromatic heterocycles. The highest BCUT2D eigenvalue weighted by Gasteiger charge is 2.19. The van der Waals surface area contributed by atoms with Gasteiger partial charge >= 0.3 is 17.9 Å². The van der Waals surface area contributed by atoms with E-state index in [0.29, 0.717) is 19.3 Å². The monoisotopic (exact) mass is 1100 g/mol. The Morgan fingerprint density at radius 3 is 0.772 bits per heavy atom. The van der Waals surface area contributed by atoms with E-state index in [1.54, 1.807) is 0 Å². The molecule has 1 unspecified atom stereocenters. The van der Waals surface area contributed by atoms with Gasteiger partial charge in [-0.15, -0.1) is 0 Å². The molecule has 0 bridgehead atoms. The molecule has 0 aliphatic carbocycles. The molecule has 0 aliphatic heterocycles. The lowest BCUT2D eigenvalue weighted by molar-refractivity contribution is -0.167. The van der Waals surface area contributed by atoms with Crippen LogP contribution in [0, 0.1) is 0 Å². The predicted octanol–water partition coefficient (Wildman–Crippen LogP) is 23.0. The van der Waals surface area contributed by atoms with Crippen molar-refractivity contribution < 1.29 is 28.6 Å². The minimum absolute atomic E-state index is 0.0876. The first-order valence-electron chi connectivity index (χ1n) is 33.4. The van der Waals surface area contributed by atoms with Crippen LogP contribution in [0.3, 0.4) is 0 Å². The second-order valence-corrected chi connectivity index (χ2v) is 22.0. The van der Waals surface area contributed by atoms with Gasteiger partial charge in [-0.05, 0) is 122 Å². The lowest BCUT2D eigenvalue weighted by Gasteiger charge is -2.18. The molecule has 1 atom stereocenters. The van der Waals surface area contributed by atoms with E-state index in [1.807, 2.05) is 0 Å². The van der Waals surface area contributed by atoms with E-state index < -0.39 is 6.10 Å². The number of unbranched alkanes of at least 4 members (excludes halogenated alkanes) is 31. The number of rotatable bonds is 60. The van der Waals surface area contributed by atoms with Crippen LogP contribution >= 0.6 is 0 Å². The minimum atomic E-state index is -0.794. The van der Waals surface area contributed by atoms with Gasteiger partial charge in [-0.1, -0.05) is 284 Å². The van der Waals surface area contributed by atoms with Crippen LogP contribution in [0.25, 0.3) is 0 Å². The Bertz CT molecular complexity index is 1590. The van der Waals surface area contributed by atoms with E-state index in [-0.39, 0.29) is 31.1 Å². The fourth-order valence-corrected chi connectivity index (χ4v) is 9.30. The molecule has 0 fully saturated rings. The maximum absolute atomic E-state index is 12.9. The average molecular weight is 1100 g/mol. The lowest BCUT2D eigenvalue weighted by Crippen LogP contribution is -2.30. The highest BCUT2D eigenvalue weighted by Crippen LogP contribution is 2.16. The molecule has 6 nitrogen and oxygen atoms in total. The van der Waals surface area contributed by atoms with Crippen molar-refractivity contribution in [2.75, 3.05) is 13.2 Å². The molecule has 0 saturated heterocycles. The highest BCUT2D eigenvalue weighted by molar-refractivity contribution is 5.71. The third-order valence-electron chi connectivity index (χ3n) is 14.2. The first-order valence-corrected chi connectivity index (χ1v) is 33.4. The minimum Gasteiger partial charge on any atom is -0.462 e. The van der Waals surface area contributed by atoms with Gasteiger partial charge in [0.25, 0.3) is 0 Å². The quantitative estimate of drug-likeness (QED) is 0.0261. The first kappa shape index (κ1) is 75.1. The summed E-state index contributed by atoms with van der Waals surface area (Å²) in [7, 11) is 0. The molecule has 452 valence electrons. The molecule has 0 aliphatic rings. The summed E-state index contributed by atoms with van der Waals surface area (Å²) in [5, 5.41) is 0. The molecule has 0 saturated carbocycles. The molecular weight excluding hydrogens is 973 g/mol. The van der Waals surface area contributed by atoms with Gasteiger partial charge in [0.2, 0.25) is 0 Å². The summed E-state index contributed by atoms with van der Waals surface area (Å²) in [5.41, 5.74) is 0. The van der Waals surface area contributed by atoms with Crippen molar-refractivity contribution in [3.8, 4) is 0 Å². The molecule has 6 heteroatoms. The average Bonchev–Trinajstić information content (AvgIpc) is 3.45. The van der Waals surface area contributed by atoms with Gasteiger partial charge in [-0.2, -0.15) is 0 Å². The molecule has 0 radical (unpaired) electrons. The Labute approximate surface area is 489 Å². The summed E-state index contributed by atoms with van der Waals surface area (Å²) in [6.45, 7) is 6.42. The Hall–Kier alpha value is -3.93. The zero-order valence-corrected chi connectivity index (χ0v) is 51.9. The Kier molecular flexibility index (Phi) is 63.3. The van der Waals surface area contributed by atoms with Crippen molar-refractivity contribution in [2.45, 2.75) is 322 Å². The Balaban J connectivity index is 4.37. The highest BCUT2D eigenvalue weighted by atomic mass is 16.6. The Morgan fingerprint density at radius 2 is 0.494 bits per heavy atom.